The van der Waals surface area contributed by atoms with Gasteiger partial charge in [-0.2, -0.15) is 0 Å². The van der Waals surface area contributed by atoms with Crippen molar-refractivity contribution < 1.29 is 4.79 Å². The van der Waals surface area contributed by atoms with Gasteiger partial charge in [-0.25, -0.2) is 4.98 Å². The summed E-state index contributed by atoms with van der Waals surface area (Å²) in [6.07, 6.45) is 4.15. The second kappa shape index (κ2) is 8.41. The molecular formula is C26H25ClN4O. The number of nitrogens with one attached hydrogen (secondary N) is 1. The first-order valence-corrected chi connectivity index (χ1v) is 11.2. The van der Waals surface area contributed by atoms with E-state index in [4.69, 9.17) is 17.3 Å². The van der Waals surface area contributed by atoms with E-state index >= 15 is 0 Å². The zero-order valence-corrected chi connectivity index (χ0v) is 18.7. The van der Waals surface area contributed by atoms with E-state index in [1.807, 2.05) is 24.3 Å². The lowest BCUT2D eigenvalue weighted by atomic mass is 9.93. The van der Waals surface area contributed by atoms with Gasteiger partial charge in [-0.05, 0) is 59.8 Å². The molecule has 0 bridgehead atoms. The fourth-order valence-electron chi connectivity index (χ4n) is 4.43. The van der Waals surface area contributed by atoms with E-state index in [0.29, 0.717) is 17.5 Å². The van der Waals surface area contributed by atoms with E-state index in [0.717, 1.165) is 59.3 Å². The molecule has 3 aromatic rings. The molecule has 2 aliphatic rings. The molecule has 1 aromatic heterocycles. The molecule has 1 amide bonds. The monoisotopic (exact) mass is 444 g/mol. The summed E-state index contributed by atoms with van der Waals surface area (Å²) in [7, 11) is 2.14. The maximum atomic E-state index is 12.1. The third-order valence-electron chi connectivity index (χ3n) is 6.33. The average Bonchev–Trinajstić information content (AvgIpc) is 2.80. The van der Waals surface area contributed by atoms with Crippen LogP contribution in [-0.2, 0) is 6.42 Å². The second-order valence-electron chi connectivity index (χ2n) is 8.46. The summed E-state index contributed by atoms with van der Waals surface area (Å²) in [5.41, 5.74) is 14.2. The molecule has 0 fully saturated rings. The van der Waals surface area contributed by atoms with Crippen LogP contribution in [0.25, 0.3) is 27.8 Å². The molecule has 162 valence electrons. The van der Waals surface area contributed by atoms with Crippen molar-refractivity contribution >= 4 is 28.9 Å². The predicted molar refractivity (Wildman–Crippen MR) is 131 cm³/mol. The minimum absolute atomic E-state index is 0.0273. The summed E-state index contributed by atoms with van der Waals surface area (Å²) in [5, 5.41) is 3.26. The van der Waals surface area contributed by atoms with Gasteiger partial charge in [0.15, 0.2) is 0 Å². The van der Waals surface area contributed by atoms with Crippen molar-refractivity contribution in [2.24, 2.45) is 0 Å². The Morgan fingerprint density at radius 2 is 1.72 bits per heavy atom. The summed E-state index contributed by atoms with van der Waals surface area (Å²) in [4.78, 5) is 18.8. The highest BCUT2D eigenvalue weighted by Crippen LogP contribution is 2.36. The van der Waals surface area contributed by atoms with E-state index in [2.05, 4.69) is 52.6 Å². The van der Waals surface area contributed by atoms with Gasteiger partial charge in [-0.15, -0.1) is 0 Å². The Bertz CT molecular complexity index is 1230. The molecule has 3 N–H and O–H groups in total. The summed E-state index contributed by atoms with van der Waals surface area (Å²) < 4.78 is 0. The van der Waals surface area contributed by atoms with Crippen LogP contribution in [0.2, 0.25) is 5.15 Å². The van der Waals surface area contributed by atoms with E-state index in [1.54, 1.807) is 0 Å². The Kier molecular flexibility index (Phi) is 5.45. The molecule has 6 heteroatoms. The van der Waals surface area contributed by atoms with Gasteiger partial charge in [0.05, 0.1) is 0 Å². The van der Waals surface area contributed by atoms with Crippen molar-refractivity contribution in [3.05, 3.63) is 76.5 Å². The van der Waals surface area contributed by atoms with Gasteiger partial charge in [-0.1, -0.05) is 54.1 Å². The van der Waals surface area contributed by atoms with Gasteiger partial charge in [0, 0.05) is 36.3 Å². The third-order valence-corrected chi connectivity index (χ3v) is 6.61. The van der Waals surface area contributed by atoms with Crippen molar-refractivity contribution in [3.63, 3.8) is 0 Å². The summed E-state index contributed by atoms with van der Waals surface area (Å²) in [5.74, 6) is 0.354. The smallest absolute Gasteiger partial charge is 0.251 e. The van der Waals surface area contributed by atoms with E-state index in [9.17, 15) is 4.79 Å². The quantitative estimate of drug-likeness (QED) is 0.576. The number of anilines is 1. The molecule has 0 spiro atoms. The largest absolute Gasteiger partial charge is 0.383 e. The van der Waals surface area contributed by atoms with Crippen LogP contribution in [0.1, 0.15) is 27.9 Å². The zero-order chi connectivity index (χ0) is 22.2. The number of benzene rings is 2. The molecule has 5 rings (SSSR count). The summed E-state index contributed by atoms with van der Waals surface area (Å²) in [6, 6.07) is 16.3. The topological polar surface area (TPSA) is 71.2 Å². The number of nitrogen functional groups attached to an aromatic ring is 1. The van der Waals surface area contributed by atoms with Gasteiger partial charge in [0.25, 0.3) is 5.91 Å². The number of nitrogens with two attached hydrogens (primary N) is 1. The lowest BCUT2D eigenvalue weighted by Gasteiger charge is -2.22. The lowest BCUT2D eigenvalue weighted by molar-refractivity contribution is 0.0946. The minimum atomic E-state index is -0.0273. The fourth-order valence-corrected chi connectivity index (χ4v) is 4.68. The number of halogens is 1. The molecule has 0 aliphatic carbocycles. The zero-order valence-electron chi connectivity index (χ0n) is 18.0. The predicted octanol–water partition coefficient (Wildman–Crippen LogP) is 4.66. The van der Waals surface area contributed by atoms with Gasteiger partial charge in [0.1, 0.15) is 11.0 Å². The third kappa shape index (κ3) is 3.90. The van der Waals surface area contributed by atoms with Crippen LogP contribution in [0.3, 0.4) is 0 Å². The Hall–Kier alpha value is -3.15. The number of pyridine rings is 1. The molecule has 2 aliphatic heterocycles. The van der Waals surface area contributed by atoms with Crippen LogP contribution in [0.4, 0.5) is 5.82 Å². The van der Waals surface area contributed by atoms with Crippen LogP contribution in [-0.4, -0.2) is 42.5 Å². The highest BCUT2D eigenvalue weighted by Gasteiger charge is 2.19. The van der Waals surface area contributed by atoms with Crippen LogP contribution in [0.15, 0.2) is 54.6 Å². The van der Waals surface area contributed by atoms with Crippen molar-refractivity contribution in [3.8, 4) is 22.3 Å². The van der Waals surface area contributed by atoms with E-state index in [-0.39, 0.29) is 5.91 Å². The lowest BCUT2D eigenvalue weighted by Crippen LogP contribution is -2.31. The highest BCUT2D eigenvalue weighted by molar-refractivity contribution is 6.32. The maximum absolute atomic E-state index is 12.1. The molecule has 0 saturated carbocycles. The number of hydrogen-bond acceptors (Lipinski definition) is 4. The van der Waals surface area contributed by atoms with Crippen molar-refractivity contribution in [2.75, 3.05) is 32.4 Å². The minimum Gasteiger partial charge on any atom is -0.383 e. The number of likely N-dealkylation sites (N-methyl/N-ethyl adjacent to an activating group) is 1. The first-order chi connectivity index (χ1) is 15.5. The van der Waals surface area contributed by atoms with Crippen molar-refractivity contribution in [1.29, 1.82) is 0 Å². The average molecular weight is 445 g/mol. The van der Waals surface area contributed by atoms with Crippen LogP contribution < -0.4 is 11.1 Å². The van der Waals surface area contributed by atoms with Gasteiger partial charge in [-0.3, -0.25) is 4.79 Å². The van der Waals surface area contributed by atoms with Crippen LogP contribution in [0, 0.1) is 0 Å². The van der Waals surface area contributed by atoms with Crippen molar-refractivity contribution in [1.82, 2.24) is 15.2 Å². The SMILES string of the molecule is CN1CC=C(c2ccc(-c3cc(-c4ccc5c(c4)CCNC5=O)c(N)nc3Cl)cc2)CC1. The molecule has 5 nitrogen and oxygen atoms in total. The number of nitrogens with zero attached hydrogens (tertiary/aromatic N) is 2. The molecule has 3 heterocycles. The van der Waals surface area contributed by atoms with Gasteiger partial charge in [0.2, 0.25) is 0 Å². The summed E-state index contributed by atoms with van der Waals surface area (Å²) >= 11 is 6.50. The first-order valence-electron chi connectivity index (χ1n) is 10.9. The van der Waals surface area contributed by atoms with E-state index < -0.39 is 0 Å². The Balaban J connectivity index is 1.50. The maximum Gasteiger partial charge on any atom is 0.251 e. The standard InChI is InChI=1S/C26H25ClN4O/c1-31-12-9-17(10-13-31)16-2-4-18(5-3-16)22-15-23(25(28)30-24(22)27)19-6-7-21-20(14-19)8-11-29-26(21)32/h2-7,9,14-15H,8,10-13H2,1H3,(H2,28,30)(H,29,32). The molecule has 0 unspecified atom stereocenters. The van der Waals surface area contributed by atoms with Crippen LogP contribution in [0.5, 0.6) is 0 Å². The number of rotatable bonds is 3. The van der Waals surface area contributed by atoms with E-state index in [1.165, 1.54) is 11.1 Å². The molecule has 0 atom stereocenters. The van der Waals surface area contributed by atoms with Crippen LogP contribution >= 0.6 is 11.6 Å². The Morgan fingerprint density at radius 1 is 0.969 bits per heavy atom. The number of carbonyl (C=O) groups is 1. The first kappa shape index (κ1) is 20.7. The molecule has 0 radical (unpaired) electrons. The number of aromatic nitrogens is 1. The number of hydrogen-bond donors (Lipinski definition) is 2. The summed E-state index contributed by atoms with van der Waals surface area (Å²) in [6.45, 7) is 2.71. The Morgan fingerprint density at radius 3 is 2.47 bits per heavy atom. The van der Waals surface area contributed by atoms with Crippen molar-refractivity contribution in [2.45, 2.75) is 12.8 Å². The number of fused-ring (bicyclic) bond motifs is 1. The molecular weight excluding hydrogens is 420 g/mol. The fraction of sp³-hybridized carbons (Fsp3) is 0.231. The second-order valence-corrected chi connectivity index (χ2v) is 8.81. The number of amides is 1. The van der Waals surface area contributed by atoms with Gasteiger partial charge < -0.3 is 16.0 Å². The normalized spacial score (nSPS) is 16.3. The molecule has 0 saturated heterocycles. The molecule has 32 heavy (non-hydrogen) atoms. The Labute approximate surface area is 192 Å². The van der Waals surface area contributed by atoms with Gasteiger partial charge >= 0.3 is 0 Å². The molecule has 2 aromatic carbocycles. The number of carbonyl (C=O) groups excluding carboxylic acids is 1. The highest BCUT2D eigenvalue weighted by atomic mass is 35.5.